The molecule has 0 bridgehead atoms. The van der Waals surface area contributed by atoms with E-state index >= 15 is 0 Å². The molecule has 0 spiro atoms. The first-order valence-corrected chi connectivity index (χ1v) is 9.23. The smallest absolute Gasteiger partial charge is 0.367 e. The Morgan fingerprint density at radius 2 is 1.77 bits per heavy atom. The first-order valence-electron chi connectivity index (χ1n) is 9.23. The largest absolute Gasteiger partial charge is 0.411 e. The number of hydrogen-bond donors (Lipinski definition) is 2. The van der Waals surface area contributed by atoms with Crippen LogP contribution in [-0.4, -0.2) is 25.3 Å². The molecular formula is C21H23F4IN4O. The monoisotopic (exact) mass is 550 g/mol. The van der Waals surface area contributed by atoms with Crippen LogP contribution in [0.25, 0.3) is 0 Å². The molecule has 0 fully saturated rings. The summed E-state index contributed by atoms with van der Waals surface area (Å²) in [7, 11) is 0. The fraction of sp³-hybridized carbons (Fsp3) is 0.333. The highest BCUT2D eigenvalue weighted by molar-refractivity contribution is 14.0. The van der Waals surface area contributed by atoms with Crippen LogP contribution in [0.5, 0.6) is 0 Å². The van der Waals surface area contributed by atoms with Crippen molar-refractivity contribution < 1.29 is 22.3 Å². The first-order chi connectivity index (χ1) is 14.3. The molecule has 0 heterocycles. The van der Waals surface area contributed by atoms with Gasteiger partial charge in [-0.1, -0.05) is 24.3 Å². The van der Waals surface area contributed by atoms with E-state index in [9.17, 15) is 17.6 Å². The second-order valence-corrected chi connectivity index (χ2v) is 6.39. The number of alkyl halides is 3. The van der Waals surface area contributed by atoms with Crippen LogP contribution < -0.4 is 10.6 Å². The summed E-state index contributed by atoms with van der Waals surface area (Å²) in [6, 6.07) is 13.0. The maximum atomic E-state index is 13.9. The summed E-state index contributed by atoms with van der Waals surface area (Å²) in [6.07, 6.45) is -4.34. The molecule has 0 aromatic heterocycles. The Morgan fingerprint density at radius 3 is 2.39 bits per heavy atom. The molecule has 2 aromatic carbocycles. The maximum Gasteiger partial charge on any atom is 0.411 e. The highest BCUT2D eigenvalue weighted by atomic mass is 127. The molecule has 31 heavy (non-hydrogen) atoms. The molecule has 0 aliphatic carbocycles. The zero-order chi connectivity index (χ0) is 22.0. The van der Waals surface area contributed by atoms with Crippen molar-refractivity contribution in [3.05, 3.63) is 70.5 Å². The normalized spacial score (nSPS) is 11.4. The predicted octanol–water partition coefficient (Wildman–Crippen LogP) is 4.65. The van der Waals surface area contributed by atoms with Crippen molar-refractivity contribution in [1.82, 2.24) is 10.6 Å². The molecule has 0 aliphatic rings. The highest BCUT2D eigenvalue weighted by Crippen LogP contribution is 2.16. The van der Waals surface area contributed by atoms with E-state index in [-0.39, 0.29) is 37.1 Å². The summed E-state index contributed by atoms with van der Waals surface area (Å²) >= 11 is 0. The molecule has 0 atom stereocenters. The molecule has 10 heteroatoms. The van der Waals surface area contributed by atoms with Gasteiger partial charge in [-0.05, 0) is 36.2 Å². The van der Waals surface area contributed by atoms with Gasteiger partial charge in [-0.25, -0.2) is 9.38 Å². The van der Waals surface area contributed by atoms with Crippen LogP contribution in [0.1, 0.15) is 29.2 Å². The summed E-state index contributed by atoms with van der Waals surface area (Å²) in [6.45, 7) is 1.56. The summed E-state index contributed by atoms with van der Waals surface area (Å²) in [5.74, 6) is 0.0533. The van der Waals surface area contributed by atoms with E-state index in [1.807, 2.05) is 13.0 Å². The van der Waals surface area contributed by atoms with E-state index in [1.54, 1.807) is 24.3 Å². The van der Waals surface area contributed by atoms with Gasteiger partial charge in [0.25, 0.3) is 0 Å². The topological polar surface area (TPSA) is 69.4 Å². The Hall–Kier alpha value is -2.39. The van der Waals surface area contributed by atoms with Gasteiger partial charge in [0.2, 0.25) is 0 Å². The minimum absolute atomic E-state index is 0. The van der Waals surface area contributed by atoms with Gasteiger partial charge in [0.05, 0.1) is 24.8 Å². The Kier molecular flexibility index (Phi) is 11.3. The van der Waals surface area contributed by atoms with Crippen molar-refractivity contribution >= 4 is 29.9 Å². The number of ether oxygens (including phenoxy) is 1. The quantitative estimate of drug-likeness (QED) is 0.218. The van der Waals surface area contributed by atoms with Crippen LogP contribution in [0.2, 0.25) is 0 Å². The number of nitrogens with one attached hydrogen (secondary N) is 2. The van der Waals surface area contributed by atoms with Crippen molar-refractivity contribution in [2.45, 2.75) is 32.8 Å². The average molecular weight is 550 g/mol. The lowest BCUT2D eigenvalue weighted by molar-refractivity contribution is -0.176. The molecule has 2 rings (SSSR count). The van der Waals surface area contributed by atoms with Crippen LogP contribution in [0.3, 0.4) is 0 Å². The van der Waals surface area contributed by atoms with Crippen LogP contribution in [-0.2, 0) is 24.4 Å². The minimum atomic E-state index is -4.34. The minimum Gasteiger partial charge on any atom is -0.367 e. The zero-order valence-corrected chi connectivity index (χ0v) is 19.1. The number of rotatable bonds is 8. The van der Waals surface area contributed by atoms with E-state index in [2.05, 4.69) is 20.4 Å². The van der Waals surface area contributed by atoms with E-state index in [4.69, 9.17) is 5.26 Å². The zero-order valence-electron chi connectivity index (χ0n) is 16.8. The van der Waals surface area contributed by atoms with Gasteiger partial charge in [0, 0.05) is 18.7 Å². The number of halogens is 5. The Bertz CT molecular complexity index is 896. The Morgan fingerprint density at radius 1 is 1.10 bits per heavy atom. The molecule has 0 saturated carbocycles. The number of nitrogens with zero attached hydrogens (tertiary/aromatic N) is 2. The van der Waals surface area contributed by atoms with Crippen LogP contribution in [0.4, 0.5) is 17.6 Å². The van der Waals surface area contributed by atoms with Crippen LogP contribution in [0, 0.1) is 17.1 Å². The lowest BCUT2D eigenvalue weighted by Crippen LogP contribution is -2.37. The standard InChI is InChI=1S/C21H22F4N4O.HI/c1-2-27-20(29-12-18-9-17(10-26)7-8-19(18)22)28-11-15-3-5-16(6-4-15)13-30-14-21(23,24)25;/h3-9H,2,11-14H2,1H3,(H2,27,28,29);1H. The van der Waals surface area contributed by atoms with Crippen LogP contribution in [0.15, 0.2) is 47.5 Å². The van der Waals surface area contributed by atoms with Gasteiger partial charge in [0.1, 0.15) is 12.4 Å². The lowest BCUT2D eigenvalue weighted by Gasteiger charge is -2.12. The maximum absolute atomic E-state index is 13.9. The lowest BCUT2D eigenvalue weighted by atomic mass is 10.1. The number of hydrogen-bond acceptors (Lipinski definition) is 3. The van der Waals surface area contributed by atoms with Crippen molar-refractivity contribution in [2.75, 3.05) is 13.2 Å². The van der Waals surface area contributed by atoms with Crippen molar-refractivity contribution in [2.24, 2.45) is 4.99 Å². The molecule has 0 unspecified atom stereocenters. The van der Waals surface area contributed by atoms with E-state index in [0.717, 1.165) is 5.56 Å². The van der Waals surface area contributed by atoms with Crippen molar-refractivity contribution in [3.63, 3.8) is 0 Å². The molecular weight excluding hydrogens is 527 g/mol. The SMILES string of the molecule is CCNC(=NCc1ccc(COCC(F)(F)F)cc1)NCc1cc(C#N)ccc1F.I. The van der Waals surface area contributed by atoms with Gasteiger partial charge >= 0.3 is 6.18 Å². The fourth-order valence-corrected chi connectivity index (χ4v) is 2.50. The van der Waals surface area contributed by atoms with E-state index in [0.29, 0.717) is 35.7 Å². The molecule has 0 amide bonds. The van der Waals surface area contributed by atoms with Gasteiger partial charge in [0.15, 0.2) is 5.96 Å². The third-order valence-electron chi connectivity index (χ3n) is 3.94. The highest BCUT2D eigenvalue weighted by Gasteiger charge is 2.27. The Labute approximate surface area is 195 Å². The number of benzene rings is 2. The number of nitriles is 1. The molecule has 2 N–H and O–H groups in total. The Balaban J connectivity index is 0.00000480. The summed E-state index contributed by atoms with van der Waals surface area (Å²) in [4.78, 5) is 4.42. The van der Waals surface area contributed by atoms with Gasteiger partial charge < -0.3 is 15.4 Å². The summed E-state index contributed by atoms with van der Waals surface area (Å²) in [5.41, 5.74) is 2.20. The van der Waals surface area contributed by atoms with E-state index in [1.165, 1.54) is 18.2 Å². The third-order valence-corrected chi connectivity index (χ3v) is 3.94. The third kappa shape index (κ3) is 9.97. The van der Waals surface area contributed by atoms with Crippen molar-refractivity contribution in [3.8, 4) is 6.07 Å². The summed E-state index contributed by atoms with van der Waals surface area (Å²) in [5, 5.41) is 15.0. The summed E-state index contributed by atoms with van der Waals surface area (Å²) < 4.78 is 54.9. The molecule has 0 radical (unpaired) electrons. The molecule has 0 saturated heterocycles. The van der Waals surface area contributed by atoms with Crippen molar-refractivity contribution in [1.29, 1.82) is 5.26 Å². The molecule has 2 aromatic rings. The van der Waals surface area contributed by atoms with Gasteiger partial charge in [-0.2, -0.15) is 18.4 Å². The molecule has 168 valence electrons. The second kappa shape index (κ2) is 13.1. The van der Waals surface area contributed by atoms with Gasteiger partial charge in [-0.3, -0.25) is 0 Å². The fourth-order valence-electron chi connectivity index (χ4n) is 2.50. The van der Waals surface area contributed by atoms with Gasteiger partial charge in [-0.15, -0.1) is 24.0 Å². The predicted molar refractivity (Wildman–Crippen MR) is 120 cm³/mol. The number of aliphatic imine (C=N–C) groups is 1. The average Bonchev–Trinajstić information content (AvgIpc) is 2.71. The van der Waals surface area contributed by atoms with Crippen LogP contribution >= 0.6 is 24.0 Å². The molecule has 5 nitrogen and oxygen atoms in total. The number of guanidine groups is 1. The van der Waals surface area contributed by atoms with E-state index < -0.39 is 18.6 Å². The molecule has 0 aliphatic heterocycles. The second-order valence-electron chi connectivity index (χ2n) is 6.39. The first kappa shape index (κ1) is 26.6.